The van der Waals surface area contributed by atoms with E-state index in [2.05, 4.69) is 98.1 Å². The van der Waals surface area contributed by atoms with Crippen molar-refractivity contribution in [3.63, 3.8) is 0 Å². The van der Waals surface area contributed by atoms with E-state index in [0.717, 1.165) is 52.9 Å². The predicted octanol–water partition coefficient (Wildman–Crippen LogP) is 8.23. The molecule has 206 valence electrons. The molecule has 0 fully saturated rings. The average Bonchev–Trinajstić information content (AvgIpc) is 3.58. The first-order valence-electron chi connectivity index (χ1n) is 13.9. The summed E-state index contributed by atoms with van der Waals surface area (Å²) in [6.45, 7) is 11.8. The minimum Gasteiger partial charge on any atom is -0.336 e. The minimum atomic E-state index is 0.217. The van der Waals surface area contributed by atoms with Gasteiger partial charge in [0.05, 0.1) is 22.8 Å². The molecule has 5 nitrogen and oxygen atoms in total. The lowest BCUT2D eigenvalue weighted by Gasteiger charge is -2.22. The predicted molar refractivity (Wildman–Crippen MR) is 166 cm³/mol. The SMILES string of the molecule is CCCN(C)Cc1ncc(-c2ccc(-c3ccc(-c4cnc(CN(CCC)C(=O)CC(C)C)s4)cc3)cc2)s1. The first-order valence-corrected chi connectivity index (χ1v) is 15.6. The molecule has 0 unspecified atom stereocenters. The smallest absolute Gasteiger partial charge is 0.223 e. The number of aromatic nitrogens is 2. The monoisotopic (exact) mass is 560 g/mol. The van der Waals surface area contributed by atoms with Gasteiger partial charge >= 0.3 is 0 Å². The van der Waals surface area contributed by atoms with Crippen LogP contribution in [0.25, 0.3) is 32.0 Å². The Morgan fingerprint density at radius 3 is 1.67 bits per heavy atom. The van der Waals surface area contributed by atoms with Crippen molar-refractivity contribution in [1.82, 2.24) is 19.8 Å². The number of amides is 1. The highest BCUT2D eigenvalue weighted by molar-refractivity contribution is 7.15. The lowest BCUT2D eigenvalue weighted by Crippen LogP contribution is -2.31. The van der Waals surface area contributed by atoms with Gasteiger partial charge in [-0.3, -0.25) is 9.69 Å². The van der Waals surface area contributed by atoms with Crippen LogP contribution in [0.15, 0.2) is 60.9 Å². The van der Waals surface area contributed by atoms with Crippen molar-refractivity contribution in [3.8, 4) is 32.0 Å². The maximum absolute atomic E-state index is 12.7. The normalized spacial score (nSPS) is 11.5. The van der Waals surface area contributed by atoms with Crippen molar-refractivity contribution in [3.05, 3.63) is 70.9 Å². The molecule has 0 saturated carbocycles. The van der Waals surface area contributed by atoms with Crippen LogP contribution in [0.3, 0.4) is 0 Å². The van der Waals surface area contributed by atoms with Gasteiger partial charge in [-0.15, -0.1) is 22.7 Å². The van der Waals surface area contributed by atoms with E-state index in [1.165, 1.54) is 21.6 Å². The topological polar surface area (TPSA) is 49.3 Å². The van der Waals surface area contributed by atoms with Gasteiger partial charge in [-0.2, -0.15) is 0 Å². The molecule has 4 rings (SSSR count). The van der Waals surface area contributed by atoms with E-state index < -0.39 is 0 Å². The standard InChI is InChI=1S/C32H40N4OS2/c1-6-16-35(5)21-30-33-19-28(38-30)26-12-8-24(9-13-26)25-10-14-27(15-11-25)29-20-34-31(39-29)22-36(17-7-2)32(37)18-23(3)4/h8-15,19-20,23H,6-7,16-18,21-22H2,1-5H3. The molecule has 0 radical (unpaired) electrons. The van der Waals surface area contributed by atoms with Crippen LogP contribution in [0.2, 0.25) is 0 Å². The summed E-state index contributed by atoms with van der Waals surface area (Å²) in [7, 11) is 2.15. The number of carbonyl (C=O) groups excluding carboxylic acids is 1. The fraction of sp³-hybridized carbons (Fsp3) is 0.406. The van der Waals surface area contributed by atoms with E-state index in [1.54, 1.807) is 22.7 Å². The molecule has 39 heavy (non-hydrogen) atoms. The highest BCUT2D eigenvalue weighted by Crippen LogP contribution is 2.32. The molecule has 0 saturated heterocycles. The van der Waals surface area contributed by atoms with Crippen LogP contribution in [-0.4, -0.2) is 45.8 Å². The second-order valence-electron chi connectivity index (χ2n) is 10.5. The van der Waals surface area contributed by atoms with Gasteiger partial charge in [0.25, 0.3) is 0 Å². The Labute approximate surface area is 241 Å². The lowest BCUT2D eigenvalue weighted by atomic mass is 10.0. The molecule has 2 aromatic carbocycles. The summed E-state index contributed by atoms with van der Waals surface area (Å²) < 4.78 is 0. The Morgan fingerprint density at radius 1 is 0.744 bits per heavy atom. The first-order chi connectivity index (χ1) is 18.9. The van der Waals surface area contributed by atoms with Crippen molar-refractivity contribution in [2.24, 2.45) is 5.92 Å². The third-order valence-corrected chi connectivity index (χ3v) is 8.61. The molecule has 0 aliphatic rings. The van der Waals surface area contributed by atoms with E-state index in [9.17, 15) is 4.79 Å². The van der Waals surface area contributed by atoms with Crippen molar-refractivity contribution >= 4 is 28.6 Å². The molecule has 7 heteroatoms. The lowest BCUT2D eigenvalue weighted by molar-refractivity contribution is -0.132. The number of nitrogens with zero attached hydrogens (tertiary/aromatic N) is 4. The zero-order valence-corrected chi connectivity index (χ0v) is 25.4. The molecule has 2 aromatic heterocycles. The molecule has 2 heterocycles. The summed E-state index contributed by atoms with van der Waals surface area (Å²) in [4.78, 5) is 28.5. The van der Waals surface area contributed by atoms with Gasteiger partial charge < -0.3 is 4.90 Å². The summed E-state index contributed by atoms with van der Waals surface area (Å²) in [5.41, 5.74) is 4.74. The summed E-state index contributed by atoms with van der Waals surface area (Å²) in [5.74, 6) is 0.580. The van der Waals surface area contributed by atoms with Crippen molar-refractivity contribution < 1.29 is 4.79 Å². The molecular weight excluding hydrogens is 521 g/mol. The van der Waals surface area contributed by atoms with Crippen molar-refractivity contribution in [2.45, 2.75) is 60.0 Å². The van der Waals surface area contributed by atoms with E-state index in [1.807, 2.05) is 17.3 Å². The van der Waals surface area contributed by atoms with Crippen molar-refractivity contribution in [2.75, 3.05) is 20.1 Å². The highest BCUT2D eigenvalue weighted by Gasteiger charge is 2.17. The fourth-order valence-electron chi connectivity index (χ4n) is 4.58. The van der Waals surface area contributed by atoms with Crippen LogP contribution in [0.4, 0.5) is 0 Å². The molecular formula is C32H40N4OS2. The quantitative estimate of drug-likeness (QED) is 0.165. The Hall–Kier alpha value is -2.87. The van der Waals surface area contributed by atoms with Gasteiger partial charge in [-0.1, -0.05) is 76.2 Å². The third-order valence-electron chi connectivity index (χ3n) is 6.55. The first kappa shape index (κ1) is 29.1. The molecule has 0 bridgehead atoms. The molecule has 1 amide bonds. The summed E-state index contributed by atoms with van der Waals surface area (Å²) in [6, 6.07) is 17.4. The Balaban J connectivity index is 1.40. The zero-order valence-electron chi connectivity index (χ0n) is 23.8. The Kier molecular flexibility index (Phi) is 10.4. The molecule has 0 aliphatic heterocycles. The van der Waals surface area contributed by atoms with E-state index in [-0.39, 0.29) is 5.91 Å². The van der Waals surface area contributed by atoms with Crippen LogP contribution in [0.1, 0.15) is 57.0 Å². The average molecular weight is 561 g/mol. The number of hydrogen-bond donors (Lipinski definition) is 0. The minimum absolute atomic E-state index is 0.217. The van der Waals surface area contributed by atoms with E-state index in [0.29, 0.717) is 18.9 Å². The number of hydrogen-bond acceptors (Lipinski definition) is 6. The fourth-order valence-corrected chi connectivity index (χ4v) is 6.53. The number of rotatable bonds is 13. The number of thiazole rings is 2. The maximum atomic E-state index is 12.7. The van der Waals surface area contributed by atoms with Crippen LogP contribution >= 0.6 is 22.7 Å². The second kappa shape index (κ2) is 14.0. The maximum Gasteiger partial charge on any atom is 0.223 e. The number of benzene rings is 2. The molecule has 0 spiro atoms. The van der Waals surface area contributed by atoms with Gasteiger partial charge in [0.15, 0.2) is 0 Å². The third kappa shape index (κ3) is 8.07. The Morgan fingerprint density at radius 2 is 1.21 bits per heavy atom. The van der Waals surface area contributed by atoms with Gasteiger partial charge in [0, 0.05) is 25.4 Å². The molecule has 0 atom stereocenters. The van der Waals surface area contributed by atoms with Crippen LogP contribution in [-0.2, 0) is 17.9 Å². The summed E-state index contributed by atoms with van der Waals surface area (Å²) in [5, 5.41) is 2.14. The Bertz CT molecular complexity index is 1320. The van der Waals surface area contributed by atoms with E-state index >= 15 is 0 Å². The van der Waals surface area contributed by atoms with Gasteiger partial charge in [0.1, 0.15) is 10.0 Å². The number of carbonyl (C=O) groups is 1. The zero-order chi connectivity index (χ0) is 27.8. The van der Waals surface area contributed by atoms with Gasteiger partial charge in [-0.05, 0) is 54.6 Å². The van der Waals surface area contributed by atoms with E-state index in [4.69, 9.17) is 0 Å². The highest BCUT2D eigenvalue weighted by atomic mass is 32.1. The van der Waals surface area contributed by atoms with Crippen molar-refractivity contribution in [1.29, 1.82) is 0 Å². The van der Waals surface area contributed by atoms with Crippen LogP contribution in [0, 0.1) is 5.92 Å². The van der Waals surface area contributed by atoms with Gasteiger partial charge in [0.2, 0.25) is 5.91 Å². The summed E-state index contributed by atoms with van der Waals surface area (Å²) >= 11 is 3.45. The molecule has 4 aromatic rings. The van der Waals surface area contributed by atoms with Gasteiger partial charge in [-0.25, -0.2) is 9.97 Å². The molecule has 0 aliphatic carbocycles. The largest absolute Gasteiger partial charge is 0.336 e. The van der Waals surface area contributed by atoms with Crippen LogP contribution in [0.5, 0.6) is 0 Å². The summed E-state index contributed by atoms with van der Waals surface area (Å²) in [6.07, 6.45) is 6.62. The van der Waals surface area contributed by atoms with Crippen LogP contribution < -0.4 is 0 Å². The molecule has 0 N–H and O–H groups in total. The second-order valence-corrected chi connectivity index (χ2v) is 12.8.